The maximum atomic E-state index is 4.72. The summed E-state index contributed by atoms with van der Waals surface area (Å²) in [5, 5.41) is 2.06. The zero-order valence-electron chi connectivity index (χ0n) is 12.7. The maximum Gasteiger partial charge on any atom is 0.193 e. The largest absolute Gasteiger partial charge is 0.297 e. The molecule has 0 aliphatic carbocycles. The summed E-state index contributed by atoms with van der Waals surface area (Å²) in [6.07, 6.45) is 9.29. The molecule has 0 saturated heterocycles. The number of aromatic nitrogens is 4. The van der Waals surface area contributed by atoms with Gasteiger partial charge in [-0.1, -0.05) is 6.92 Å². The number of hydrogen-bond donors (Lipinski definition) is 0. The molecule has 1 aliphatic rings. The molecule has 0 radical (unpaired) electrons. The Labute approximate surface area is 133 Å². The quantitative estimate of drug-likeness (QED) is 0.743. The third kappa shape index (κ3) is 2.64. The fourth-order valence-corrected chi connectivity index (χ4v) is 3.70. The molecule has 0 atom stereocenters. The van der Waals surface area contributed by atoms with Gasteiger partial charge in [0, 0.05) is 67.7 Å². The summed E-state index contributed by atoms with van der Waals surface area (Å²) < 4.78 is 2.10. The third-order valence-electron chi connectivity index (χ3n) is 4.07. The molecule has 0 N–H and O–H groups in total. The van der Waals surface area contributed by atoms with Crippen molar-refractivity contribution in [2.45, 2.75) is 39.3 Å². The summed E-state index contributed by atoms with van der Waals surface area (Å²) in [5.74, 6) is 0.990. The second-order valence-electron chi connectivity index (χ2n) is 5.79. The van der Waals surface area contributed by atoms with E-state index in [0.29, 0.717) is 0 Å². The molecule has 4 heterocycles. The van der Waals surface area contributed by atoms with Gasteiger partial charge < -0.3 is 0 Å². The standard InChI is InChI=1S/C16H19N5S/c1-2-3-15-17-8-12-9-20(5-4-14(12)19-15)10-13-11-21-6-7-22-16(21)18-13/h6-8,11H,2-5,9-10H2,1H3. The fourth-order valence-electron chi connectivity index (χ4n) is 2.98. The van der Waals surface area contributed by atoms with Crippen molar-refractivity contribution in [2.75, 3.05) is 6.54 Å². The van der Waals surface area contributed by atoms with Crippen molar-refractivity contribution in [2.24, 2.45) is 0 Å². The summed E-state index contributed by atoms with van der Waals surface area (Å²) in [6.45, 7) is 5.03. The Kier molecular flexibility index (Phi) is 3.63. The predicted molar refractivity (Wildman–Crippen MR) is 86.9 cm³/mol. The van der Waals surface area contributed by atoms with Crippen LogP contribution in [0.3, 0.4) is 0 Å². The van der Waals surface area contributed by atoms with Gasteiger partial charge in [0.15, 0.2) is 4.96 Å². The van der Waals surface area contributed by atoms with E-state index in [9.17, 15) is 0 Å². The highest BCUT2D eigenvalue weighted by molar-refractivity contribution is 7.15. The molecule has 1 aliphatic heterocycles. The number of hydrogen-bond acceptors (Lipinski definition) is 5. The number of aryl methyl sites for hydroxylation is 1. The van der Waals surface area contributed by atoms with Crippen LogP contribution in [-0.4, -0.2) is 30.8 Å². The van der Waals surface area contributed by atoms with Crippen LogP contribution in [0.1, 0.15) is 36.1 Å². The highest BCUT2D eigenvalue weighted by Gasteiger charge is 2.19. The number of fused-ring (bicyclic) bond motifs is 2. The molecule has 0 aromatic carbocycles. The van der Waals surface area contributed by atoms with Crippen molar-refractivity contribution in [1.82, 2.24) is 24.3 Å². The highest BCUT2D eigenvalue weighted by atomic mass is 32.1. The van der Waals surface area contributed by atoms with Gasteiger partial charge in [0.1, 0.15) is 5.82 Å². The van der Waals surface area contributed by atoms with Crippen LogP contribution in [-0.2, 0) is 25.9 Å². The molecule has 6 heteroatoms. The van der Waals surface area contributed by atoms with E-state index in [0.717, 1.165) is 55.4 Å². The zero-order valence-corrected chi connectivity index (χ0v) is 13.5. The van der Waals surface area contributed by atoms with Crippen LogP contribution in [0, 0.1) is 0 Å². The van der Waals surface area contributed by atoms with Gasteiger partial charge >= 0.3 is 0 Å². The summed E-state index contributed by atoms with van der Waals surface area (Å²) in [7, 11) is 0. The van der Waals surface area contributed by atoms with Crippen molar-refractivity contribution in [1.29, 1.82) is 0 Å². The molecular weight excluding hydrogens is 294 g/mol. The Morgan fingerprint density at radius 3 is 3.14 bits per heavy atom. The van der Waals surface area contributed by atoms with Crippen molar-refractivity contribution < 1.29 is 0 Å². The molecule has 22 heavy (non-hydrogen) atoms. The first-order valence-electron chi connectivity index (χ1n) is 7.79. The van der Waals surface area contributed by atoms with E-state index < -0.39 is 0 Å². The monoisotopic (exact) mass is 313 g/mol. The van der Waals surface area contributed by atoms with Crippen LogP contribution in [0.2, 0.25) is 0 Å². The van der Waals surface area contributed by atoms with Crippen LogP contribution in [0.4, 0.5) is 0 Å². The minimum Gasteiger partial charge on any atom is -0.297 e. The molecule has 0 spiro atoms. The van der Waals surface area contributed by atoms with E-state index >= 15 is 0 Å². The second-order valence-corrected chi connectivity index (χ2v) is 6.67. The van der Waals surface area contributed by atoms with Crippen molar-refractivity contribution >= 4 is 16.3 Å². The lowest BCUT2D eigenvalue weighted by Crippen LogP contribution is -2.31. The van der Waals surface area contributed by atoms with Crippen LogP contribution in [0.15, 0.2) is 24.0 Å². The Bertz CT molecular complexity index is 762. The van der Waals surface area contributed by atoms with Gasteiger partial charge in [-0.3, -0.25) is 9.30 Å². The van der Waals surface area contributed by atoms with Gasteiger partial charge in [-0.15, -0.1) is 11.3 Å². The Morgan fingerprint density at radius 2 is 2.27 bits per heavy atom. The lowest BCUT2D eigenvalue weighted by Gasteiger charge is -2.27. The minimum atomic E-state index is 0.893. The molecule has 3 aromatic heterocycles. The first kappa shape index (κ1) is 13.8. The molecule has 5 nitrogen and oxygen atoms in total. The molecular formula is C16H19N5S. The number of rotatable bonds is 4. The molecule has 114 valence electrons. The Morgan fingerprint density at radius 1 is 1.32 bits per heavy atom. The van der Waals surface area contributed by atoms with Gasteiger partial charge in [-0.2, -0.15) is 0 Å². The average molecular weight is 313 g/mol. The molecule has 0 fully saturated rings. The van der Waals surface area contributed by atoms with Crippen LogP contribution in [0.25, 0.3) is 4.96 Å². The molecule has 4 rings (SSSR count). The highest BCUT2D eigenvalue weighted by Crippen LogP contribution is 2.19. The lowest BCUT2D eigenvalue weighted by molar-refractivity contribution is 0.240. The van der Waals surface area contributed by atoms with Gasteiger partial charge in [0.25, 0.3) is 0 Å². The normalized spacial score (nSPS) is 15.3. The van der Waals surface area contributed by atoms with Crippen molar-refractivity contribution in [3.8, 4) is 0 Å². The lowest BCUT2D eigenvalue weighted by atomic mass is 10.1. The smallest absolute Gasteiger partial charge is 0.193 e. The predicted octanol–water partition coefficient (Wildman–Crippen LogP) is 2.70. The summed E-state index contributed by atoms with van der Waals surface area (Å²) in [6, 6.07) is 0. The first-order chi connectivity index (χ1) is 10.8. The Hall–Kier alpha value is -1.79. The van der Waals surface area contributed by atoms with Gasteiger partial charge in [0.2, 0.25) is 0 Å². The number of imidazole rings is 1. The number of thiazole rings is 1. The Balaban J connectivity index is 1.48. The molecule has 3 aromatic rings. The van der Waals surface area contributed by atoms with E-state index in [1.165, 1.54) is 11.3 Å². The number of nitrogens with zero attached hydrogens (tertiary/aromatic N) is 5. The van der Waals surface area contributed by atoms with E-state index in [1.807, 2.05) is 6.20 Å². The summed E-state index contributed by atoms with van der Waals surface area (Å²) in [4.78, 5) is 17.4. The van der Waals surface area contributed by atoms with E-state index in [1.54, 1.807) is 11.3 Å². The first-order valence-corrected chi connectivity index (χ1v) is 8.67. The van der Waals surface area contributed by atoms with Crippen molar-refractivity contribution in [3.63, 3.8) is 0 Å². The fraction of sp³-hybridized carbons (Fsp3) is 0.438. The molecule has 0 bridgehead atoms. The summed E-state index contributed by atoms with van der Waals surface area (Å²) in [5.41, 5.74) is 3.64. The average Bonchev–Trinajstić information content (AvgIpc) is 3.09. The summed E-state index contributed by atoms with van der Waals surface area (Å²) >= 11 is 1.68. The van der Waals surface area contributed by atoms with E-state index in [2.05, 4.69) is 44.0 Å². The van der Waals surface area contributed by atoms with Gasteiger partial charge in [-0.25, -0.2) is 15.0 Å². The van der Waals surface area contributed by atoms with Gasteiger partial charge in [0.05, 0.1) is 5.69 Å². The van der Waals surface area contributed by atoms with Crippen molar-refractivity contribution in [3.05, 3.63) is 46.7 Å². The minimum absolute atomic E-state index is 0.893. The topological polar surface area (TPSA) is 46.3 Å². The van der Waals surface area contributed by atoms with Crippen LogP contribution in [0.5, 0.6) is 0 Å². The maximum absolute atomic E-state index is 4.72. The SMILES string of the molecule is CCCc1ncc2c(n1)CCN(Cc1cn3ccsc3n1)C2. The molecule has 0 unspecified atom stereocenters. The second kappa shape index (κ2) is 5.78. The zero-order chi connectivity index (χ0) is 14.9. The van der Waals surface area contributed by atoms with E-state index in [-0.39, 0.29) is 0 Å². The molecule has 0 amide bonds. The third-order valence-corrected chi connectivity index (χ3v) is 4.84. The van der Waals surface area contributed by atoms with Crippen LogP contribution >= 0.6 is 11.3 Å². The van der Waals surface area contributed by atoms with E-state index in [4.69, 9.17) is 4.98 Å². The molecule has 0 saturated carbocycles. The van der Waals surface area contributed by atoms with Gasteiger partial charge in [-0.05, 0) is 6.42 Å². The van der Waals surface area contributed by atoms with Crippen LogP contribution < -0.4 is 0 Å².